The number of methoxy groups -OCH3 is 1. The molecule has 0 saturated carbocycles. The predicted octanol–water partition coefficient (Wildman–Crippen LogP) is 0.442. The average Bonchev–Trinajstić information content (AvgIpc) is 2.76. The molecule has 110 valence electrons. The highest BCUT2D eigenvalue weighted by Crippen LogP contribution is 2.24. The maximum atomic E-state index is 12.1. The SMILES string of the molecule is COc1cccc(C(=O)NCC2CCS(=O)(=O)C2)c1N. The van der Waals surface area contributed by atoms with Crippen molar-refractivity contribution in [1.82, 2.24) is 5.32 Å². The van der Waals surface area contributed by atoms with E-state index in [0.29, 0.717) is 24.3 Å². The van der Waals surface area contributed by atoms with Gasteiger partial charge in [0.25, 0.3) is 5.91 Å². The van der Waals surface area contributed by atoms with Crippen molar-refractivity contribution < 1.29 is 17.9 Å². The van der Waals surface area contributed by atoms with Crippen LogP contribution in [0.4, 0.5) is 5.69 Å². The number of hydrogen-bond donors (Lipinski definition) is 2. The van der Waals surface area contributed by atoms with Gasteiger partial charge in [-0.2, -0.15) is 0 Å². The summed E-state index contributed by atoms with van der Waals surface area (Å²) in [6, 6.07) is 4.97. The number of nitrogens with one attached hydrogen (secondary N) is 1. The molecule has 7 heteroatoms. The van der Waals surface area contributed by atoms with Crippen LogP contribution in [0.5, 0.6) is 5.75 Å². The Morgan fingerprint density at radius 3 is 2.85 bits per heavy atom. The van der Waals surface area contributed by atoms with Crippen molar-refractivity contribution in [2.45, 2.75) is 6.42 Å². The summed E-state index contributed by atoms with van der Waals surface area (Å²) in [5.74, 6) is 0.456. The Morgan fingerprint density at radius 1 is 1.50 bits per heavy atom. The van der Waals surface area contributed by atoms with Crippen LogP contribution in [-0.2, 0) is 9.84 Å². The zero-order valence-electron chi connectivity index (χ0n) is 11.3. The first-order chi connectivity index (χ1) is 9.43. The summed E-state index contributed by atoms with van der Waals surface area (Å²) < 4.78 is 27.7. The molecule has 20 heavy (non-hydrogen) atoms. The van der Waals surface area contributed by atoms with Crippen molar-refractivity contribution in [1.29, 1.82) is 0 Å². The van der Waals surface area contributed by atoms with Crippen molar-refractivity contribution in [3.63, 3.8) is 0 Å². The van der Waals surface area contributed by atoms with E-state index in [1.807, 2.05) is 0 Å². The molecule has 0 aliphatic carbocycles. The number of amides is 1. The van der Waals surface area contributed by atoms with E-state index < -0.39 is 9.84 Å². The van der Waals surface area contributed by atoms with E-state index >= 15 is 0 Å². The lowest BCUT2D eigenvalue weighted by Gasteiger charge is -2.12. The molecule has 1 aromatic rings. The van der Waals surface area contributed by atoms with Crippen LogP contribution in [0.25, 0.3) is 0 Å². The first-order valence-electron chi connectivity index (χ1n) is 6.34. The fraction of sp³-hybridized carbons (Fsp3) is 0.462. The van der Waals surface area contributed by atoms with Gasteiger partial charge in [-0.25, -0.2) is 8.42 Å². The maximum absolute atomic E-state index is 12.1. The number of nitrogens with two attached hydrogens (primary N) is 1. The second-order valence-electron chi connectivity index (χ2n) is 4.90. The molecule has 1 aliphatic heterocycles. The van der Waals surface area contributed by atoms with Crippen LogP contribution in [0.1, 0.15) is 16.8 Å². The zero-order valence-corrected chi connectivity index (χ0v) is 12.1. The highest BCUT2D eigenvalue weighted by atomic mass is 32.2. The smallest absolute Gasteiger partial charge is 0.253 e. The van der Waals surface area contributed by atoms with Gasteiger partial charge in [0, 0.05) is 6.54 Å². The Balaban J connectivity index is 1.99. The van der Waals surface area contributed by atoms with Gasteiger partial charge in [-0.1, -0.05) is 6.07 Å². The van der Waals surface area contributed by atoms with Crippen molar-refractivity contribution in [2.24, 2.45) is 5.92 Å². The van der Waals surface area contributed by atoms with Gasteiger partial charge in [-0.3, -0.25) is 4.79 Å². The number of sulfone groups is 1. The number of carbonyl (C=O) groups is 1. The molecule has 2 rings (SSSR count). The van der Waals surface area contributed by atoms with Crippen LogP contribution in [-0.4, -0.2) is 39.5 Å². The summed E-state index contributed by atoms with van der Waals surface area (Å²) in [6.07, 6.45) is 0.593. The molecular formula is C13H18N2O4S. The van der Waals surface area contributed by atoms with Crippen LogP contribution < -0.4 is 15.8 Å². The van der Waals surface area contributed by atoms with Crippen molar-refractivity contribution in [2.75, 3.05) is 30.9 Å². The van der Waals surface area contributed by atoms with E-state index in [1.54, 1.807) is 18.2 Å². The Kier molecular flexibility index (Phi) is 4.17. The van der Waals surface area contributed by atoms with Crippen molar-refractivity contribution in [3.8, 4) is 5.75 Å². The Bertz CT molecular complexity index is 613. The second kappa shape index (κ2) is 5.70. The summed E-state index contributed by atoms with van der Waals surface area (Å²) >= 11 is 0. The first-order valence-corrected chi connectivity index (χ1v) is 8.16. The normalized spacial score (nSPS) is 20.6. The quantitative estimate of drug-likeness (QED) is 0.786. The molecule has 1 saturated heterocycles. The molecule has 1 amide bonds. The highest BCUT2D eigenvalue weighted by Gasteiger charge is 2.28. The van der Waals surface area contributed by atoms with E-state index in [-0.39, 0.29) is 29.0 Å². The van der Waals surface area contributed by atoms with Gasteiger partial charge >= 0.3 is 0 Å². The molecule has 1 aromatic carbocycles. The minimum Gasteiger partial charge on any atom is -0.495 e. The maximum Gasteiger partial charge on any atom is 0.253 e. The van der Waals surface area contributed by atoms with Gasteiger partial charge in [-0.05, 0) is 24.5 Å². The summed E-state index contributed by atoms with van der Waals surface area (Å²) in [5.41, 5.74) is 6.46. The van der Waals surface area contributed by atoms with Gasteiger partial charge in [0.05, 0.1) is 29.9 Å². The van der Waals surface area contributed by atoms with E-state index in [0.717, 1.165) is 0 Å². The number of para-hydroxylation sites is 1. The number of ether oxygens (including phenoxy) is 1. The standard InChI is InChI=1S/C13H18N2O4S/c1-19-11-4-2-3-10(12(11)14)13(16)15-7-9-5-6-20(17,18)8-9/h2-4,9H,5-8,14H2,1H3,(H,15,16). The highest BCUT2D eigenvalue weighted by molar-refractivity contribution is 7.91. The van der Waals surface area contributed by atoms with Gasteiger partial charge < -0.3 is 15.8 Å². The predicted molar refractivity (Wildman–Crippen MR) is 76.5 cm³/mol. The topological polar surface area (TPSA) is 98.5 Å². The van der Waals surface area contributed by atoms with Gasteiger partial charge in [0.1, 0.15) is 5.75 Å². The molecule has 0 aromatic heterocycles. The van der Waals surface area contributed by atoms with Gasteiger partial charge in [-0.15, -0.1) is 0 Å². The first kappa shape index (κ1) is 14.6. The van der Waals surface area contributed by atoms with Gasteiger partial charge in [0.15, 0.2) is 9.84 Å². The third-order valence-corrected chi connectivity index (χ3v) is 5.25. The molecule has 0 radical (unpaired) electrons. The lowest BCUT2D eigenvalue weighted by Crippen LogP contribution is -2.30. The lowest BCUT2D eigenvalue weighted by atomic mass is 10.1. The number of anilines is 1. The number of nitrogen functional groups attached to an aromatic ring is 1. The summed E-state index contributed by atoms with van der Waals surface area (Å²) in [7, 11) is -1.44. The largest absolute Gasteiger partial charge is 0.495 e. The fourth-order valence-electron chi connectivity index (χ4n) is 2.29. The molecule has 1 fully saturated rings. The van der Waals surface area contributed by atoms with Crippen LogP contribution in [0.3, 0.4) is 0 Å². The summed E-state index contributed by atoms with van der Waals surface area (Å²) in [6.45, 7) is 0.342. The Morgan fingerprint density at radius 2 is 2.25 bits per heavy atom. The summed E-state index contributed by atoms with van der Waals surface area (Å²) in [4.78, 5) is 12.1. The third-order valence-electron chi connectivity index (χ3n) is 3.41. The Labute approximate surface area is 118 Å². The van der Waals surface area contributed by atoms with Crippen LogP contribution in [0.2, 0.25) is 0 Å². The average molecular weight is 298 g/mol. The van der Waals surface area contributed by atoms with Crippen LogP contribution in [0, 0.1) is 5.92 Å². The van der Waals surface area contributed by atoms with E-state index in [1.165, 1.54) is 7.11 Å². The fourth-order valence-corrected chi connectivity index (χ4v) is 4.15. The number of rotatable bonds is 4. The molecule has 1 heterocycles. The van der Waals surface area contributed by atoms with Crippen LogP contribution in [0.15, 0.2) is 18.2 Å². The van der Waals surface area contributed by atoms with Gasteiger partial charge in [0.2, 0.25) is 0 Å². The lowest BCUT2D eigenvalue weighted by molar-refractivity contribution is 0.0949. The molecule has 3 N–H and O–H groups in total. The van der Waals surface area contributed by atoms with E-state index in [9.17, 15) is 13.2 Å². The van der Waals surface area contributed by atoms with Crippen molar-refractivity contribution in [3.05, 3.63) is 23.8 Å². The molecule has 0 spiro atoms. The third kappa shape index (κ3) is 3.22. The molecule has 6 nitrogen and oxygen atoms in total. The van der Waals surface area contributed by atoms with E-state index in [4.69, 9.17) is 10.5 Å². The number of carbonyl (C=O) groups excluding carboxylic acids is 1. The van der Waals surface area contributed by atoms with Crippen molar-refractivity contribution >= 4 is 21.4 Å². The zero-order chi connectivity index (χ0) is 14.8. The molecule has 0 bridgehead atoms. The van der Waals surface area contributed by atoms with Crippen LogP contribution >= 0.6 is 0 Å². The monoisotopic (exact) mass is 298 g/mol. The molecule has 1 atom stereocenters. The molecular weight excluding hydrogens is 280 g/mol. The number of hydrogen-bond acceptors (Lipinski definition) is 5. The molecule has 1 aliphatic rings. The minimum atomic E-state index is -2.92. The summed E-state index contributed by atoms with van der Waals surface area (Å²) in [5, 5.41) is 2.73. The number of benzene rings is 1. The molecule has 1 unspecified atom stereocenters. The van der Waals surface area contributed by atoms with E-state index in [2.05, 4.69) is 5.32 Å². The minimum absolute atomic E-state index is 0.0178. The Hall–Kier alpha value is -1.76. The second-order valence-corrected chi connectivity index (χ2v) is 7.13.